The van der Waals surface area contributed by atoms with Crippen LogP contribution < -0.4 is 0 Å². The molecule has 0 N–H and O–H groups in total. The molecule has 14 heavy (non-hydrogen) atoms. The predicted octanol–water partition coefficient (Wildman–Crippen LogP) is 3.66. The first-order chi connectivity index (χ1) is 6.50. The number of hydrogen-bond acceptors (Lipinski definition) is 1. The van der Waals surface area contributed by atoms with E-state index in [1.54, 1.807) is 12.2 Å². The van der Waals surface area contributed by atoms with Crippen LogP contribution in [0.15, 0.2) is 23.3 Å². The molecule has 1 nitrogen and oxygen atoms in total. The normalized spacial score (nSPS) is 20.4. The van der Waals surface area contributed by atoms with Crippen molar-refractivity contribution in [1.82, 2.24) is 0 Å². The average molecular weight is 192 g/mol. The van der Waals surface area contributed by atoms with Gasteiger partial charge in [0.05, 0.1) is 0 Å². The molecule has 0 saturated heterocycles. The number of carbonyl (C=O) groups is 1. The molecular weight excluding hydrogens is 172 g/mol. The molecule has 1 rings (SSSR count). The number of carbonyl (C=O) groups excluding carboxylic acids is 1. The lowest BCUT2D eigenvalue weighted by molar-refractivity contribution is -0.110. The molecule has 0 radical (unpaired) electrons. The summed E-state index contributed by atoms with van der Waals surface area (Å²) in [4.78, 5) is 11.3. The smallest absolute Gasteiger partial charge is 0.178 e. The van der Waals surface area contributed by atoms with Gasteiger partial charge in [-0.15, -0.1) is 0 Å². The van der Waals surface area contributed by atoms with E-state index >= 15 is 0 Å². The fourth-order valence-corrected chi connectivity index (χ4v) is 2.02. The molecule has 0 atom stereocenters. The van der Waals surface area contributed by atoms with Crippen molar-refractivity contribution in [2.75, 3.05) is 0 Å². The minimum Gasteiger partial charge on any atom is -0.290 e. The zero-order valence-corrected chi connectivity index (χ0v) is 9.68. The Morgan fingerprint density at radius 3 is 2.14 bits per heavy atom. The Bertz CT molecular complexity index is 272. The number of ketones is 1. The summed E-state index contributed by atoms with van der Waals surface area (Å²) < 4.78 is 0. The minimum absolute atomic E-state index is 0.129. The largest absolute Gasteiger partial charge is 0.290 e. The molecular formula is C13H20O. The number of allylic oxidation sites excluding steroid dienone is 4. The van der Waals surface area contributed by atoms with Crippen LogP contribution >= 0.6 is 0 Å². The van der Waals surface area contributed by atoms with Gasteiger partial charge < -0.3 is 0 Å². The van der Waals surface area contributed by atoms with Gasteiger partial charge in [0.25, 0.3) is 0 Å². The van der Waals surface area contributed by atoms with Gasteiger partial charge in [-0.3, -0.25) is 4.79 Å². The van der Waals surface area contributed by atoms with Gasteiger partial charge in [-0.05, 0) is 32.4 Å². The molecule has 78 valence electrons. The van der Waals surface area contributed by atoms with E-state index in [1.165, 1.54) is 24.0 Å². The summed E-state index contributed by atoms with van der Waals surface area (Å²) in [7, 11) is 0. The van der Waals surface area contributed by atoms with Crippen molar-refractivity contribution >= 4 is 5.78 Å². The van der Waals surface area contributed by atoms with Crippen molar-refractivity contribution in [2.45, 2.75) is 47.0 Å². The van der Waals surface area contributed by atoms with Crippen molar-refractivity contribution in [1.29, 1.82) is 0 Å². The molecule has 1 aliphatic rings. The van der Waals surface area contributed by atoms with Gasteiger partial charge in [0, 0.05) is 5.41 Å². The van der Waals surface area contributed by atoms with Crippen LogP contribution in [0.4, 0.5) is 0 Å². The highest BCUT2D eigenvalue weighted by Crippen LogP contribution is 2.41. The van der Waals surface area contributed by atoms with Crippen LogP contribution in [0.2, 0.25) is 0 Å². The van der Waals surface area contributed by atoms with E-state index in [1.807, 2.05) is 0 Å². The molecule has 0 fully saturated rings. The summed E-state index contributed by atoms with van der Waals surface area (Å²) in [6, 6.07) is 0. The SMILES string of the molecule is CCCCC1(C)C(C)=CC(=O)C=C1C. The van der Waals surface area contributed by atoms with Crippen molar-refractivity contribution in [2.24, 2.45) is 5.41 Å². The standard InChI is InChI=1S/C13H20O/c1-5-6-7-13(4)10(2)8-12(14)9-11(13)3/h8-9H,5-7H2,1-4H3. The third-order valence-electron chi connectivity index (χ3n) is 3.49. The van der Waals surface area contributed by atoms with Gasteiger partial charge in [-0.1, -0.05) is 37.8 Å². The van der Waals surface area contributed by atoms with Crippen molar-refractivity contribution < 1.29 is 4.79 Å². The quantitative estimate of drug-likeness (QED) is 0.667. The molecule has 0 heterocycles. The van der Waals surface area contributed by atoms with Crippen LogP contribution in [0, 0.1) is 5.41 Å². The highest BCUT2D eigenvalue weighted by Gasteiger charge is 2.30. The number of hydrogen-bond donors (Lipinski definition) is 0. The molecule has 0 spiro atoms. The molecule has 0 aliphatic heterocycles. The van der Waals surface area contributed by atoms with Crippen LogP contribution in [0.5, 0.6) is 0 Å². The van der Waals surface area contributed by atoms with E-state index in [0.29, 0.717) is 0 Å². The van der Waals surface area contributed by atoms with Gasteiger partial charge in [0.2, 0.25) is 0 Å². The first kappa shape index (κ1) is 11.2. The van der Waals surface area contributed by atoms with Gasteiger partial charge >= 0.3 is 0 Å². The van der Waals surface area contributed by atoms with E-state index < -0.39 is 0 Å². The van der Waals surface area contributed by atoms with Crippen molar-refractivity contribution in [3.63, 3.8) is 0 Å². The lowest BCUT2D eigenvalue weighted by atomic mass is 9.70. The third kappa shape index (κ3) is 1.97. The van der Waals surface area contributed by atoms with Crippen LogP contribution in [0.3, 0.4) is 0 Å². The number of unbranched alkanes of at least 4 members (excludes halogenated alkanes) is 1. The first-order valence-electron chi connectivity index (χ1n) is 5.42. The van der Waals surface area contributed by atoms with Crippen molar-refractivity contribution in [3.05, 3.63) is 23.3 Å². The lowest BCUT2D eigenvalue weighted by Crippen LogP contribution is -2.24. The molecule has 0 amide bonds. The maximum atomic E-state index is 11.3. The van der Waals surface area contributed by atoms with E-state index in [9.17, 15) is 4.79 Å². The Labute approximate surface area is 86.9 Å². The van der Waals surface area contributed by atoms with Crippen LogP contribution in [-0.4, -0.2) is 5.78 Å². The minimum atomic E-state index is 0.129. The number of rotatable bonds is 3. The maximum absolute atomic E-state index is 11.3. The van der Waals surface area contributed by atoms with E-state index in [-0.39, 0.29) is 11.2 Å². The molecule has 1 heteroatoms. The third-order valence-corrected chi connectivity index (χ3v) is 3.49. The Kier molecular flexibility index (Phi) is 3.30. The summed E-state index contributed by atoms with van der Waals surface area (Å²) in [5.41, 5.74) is 2.57. The summed E-state index contributed by atoms with van der Waals surface area (Å²) in [6.07, 6.45) is 7.15. The summed E-state index contributed by atoms with van der Waals surface area (Å²) in [5, 5.41) is 0. The highest BCUT2D eigenvalue weighted by atomic mass is 16.1. The maximum Gasteiger partial charge on any atom is 0.178 e. The molecule has 0 bridgehead atoms. The highest BCUT2D eigenvalue weighted by molar-refractivity contribution is 6.01. The van der Waals surface area contributed by atoms with Gasteiger partial charge in [0.1, 0.15) is 0 Å². The Morgan fingerprint density at radius 2 is 1.71 bits per heavy atom. The topological polar surface area (TPSA) is 17.1 Å². The summed E-state index contributed by atoms with van der Waals surface area (Å²) in [6.45, 7) is 8.59. The van der Waals surface area contributed by atoms with Crippen LogP contribution in [0.25, 0.3) is 0 Å². The molecule has 0 aromatic heterocycles. The van der Waals surface area contributed by atoms with Gasteiger partial charge in [-0.2, -0.15) is 0 Å². The first-order valence-corrected chi connectivity index (χ1v) is 5.42. The fourth-order valence-electron chi connectivity index (χ4n) is 2.02. The Morgan fingerprint density at radius 1 is 1.21 bits per heavy atom. The predicted molar refractivity (Wildman–Crippen MR) is 60.2 cm³/mol. The Balaban J connectivity index is 2.90. The summed E-state index contributed by atoms with van der Waals surface area (Å²) >= 11 is 0. The van der Waals surface area contributed by atoms with Crippen LogP contribution in [0.1, 0.15) is 47.0 Å². The average Bonchev–Trinajstić information content (AvgIpc) is 2.11. The molecule has 0 unspecified atom stereocenters. The van der Waals surface area contributed by atoms with Gasteiger partial charge in [0.15, 0.2) is 5.78 Å². The molecule has 1 aliphatic carbocycles. The second kappa shape index (κ2) is 4.12. The lowest BCUT2D eigenvalue weighted by Gasteiger charge is -2.34. The monoisotopic (exact) mass is 192 g/mol. The van der Waals surface area contributed by atoms with E-state index in [4.69, 9.17) is 0 Å². The van der Waals surface area contributed by atoms with E-state index in [0.717, 1.165) is 6.42 Å². The zero-order valence-electron chi connectivity index (χ0n) is 9.68. The molecule has 0 saturated carbocycles. The molecule has 0 aromatic carbocycles. The van der Waals surface area contributed by atoms with Crippen LogP contribution in [-0.2, 0) is 4.79 Å². The van der Waals surface area contributed by atoms with Gasteiger partial charge in [-0.25, -0.2) is 0 Å². The summed E-state index contributed by atoms with van der Waals surface area (Å²) in [5.74, 6) is 0.147. The van der Waals surface area contributed by atoms with Crippen molar-refractivity contribution in [3.8, 4) is 0 Å². The fraction of sp³-hybridized carbons (Fsp3) is 0.615. The second-order valence-corrected chi connectivity index (χ2v) is 4.49. The molecule has 0 aromatic rings. The Hall–Kier alpha value is -0.850. The second-order valence-electron chi connectivity index (χ2n) is 4.49. The van der Waals surface area contributed by atoms with E-state index in [2.05, 4.69) is 27.7 Å². The zero-order chi connectivity index (χ0) is 10.8.